The van der Waals surface area contributed by atoms with Gasteiger partial charge in [0.05, 0.1) is 0 Å². The quantitative estimate of drug-likeness (QED) is 0.567. The number of allylic oxidation sites excluding steroid dienone is 1. The zero-order chi connectivity index (χ0) is 15.0. The Labute approximate surface area is 125 Å². The molecule has 0 bridgehead atoms. The average Bonchev–Trinajstić information content (AvgIpc) is 2.45. The normalized spacial score (nSPS) is 10.8. The molecule has 0 N–H and O–H groups in total. The lowest BCUT2D eigenvalue weighted by Gasteiger charge is -2.19. The highest BCUT2D eigenvalue weighted by Crippen LogP contribution is 2.10. The first-order chi connectivity index (χ1) is 9.58. The van der Waals surface area contributed by atoms with Crippen molar-refractivity contribution in [3.05, 3.63) is 47.0 Å². The molecule has 20 heavy (non-hydrogen) atoms. The van der Waals surface area contributed by atoms with E-state index in [0.717, 1.165) is 12.8 Å². The van der Waals surface area contributed by atoms with Gasteiger partial charge in [-0.15, -0.1) is 0 Å². The molecule has 0 saturated carbocycles. The van der Waals surface area contributed by atoms with Gasteiger partial charge in [-0.3, -0.25) is 9.59 Å². The number of carbonyl (C=O) groups is 2. The minimum Gasteiger partial charge on any atom is -0.339 e. The Hall–Kier alpha value is -1.61. The van der Waals surface area contributed by atoms with Gasteiger partial charge >= 0.3 is 0 Å². The van der Waals surface area contributed by atoms with Crippen molar-refractivity contribution in [1.29, 1.82) is 0 Å². The molecule has 0 fully saturated rings. The van der Waals surface area contributed by atoms with E-state index in [1.54, 1.807) is 29.2 Å². The molecule has 0 atom stereocenters. The highest BCUT2D eigenvalue weighted by atomic mass is 35.5. The molecule has 0 aromatic heterocycles. The molecule has 4 heteroatoms. The highest BCUT2D eigenvalue weighted by molar-refractivity contribution is 6.30. The SMILES string of the molecule is CCCN(CCC)C(=O)/C=C/C(=O)c1ccc(Cl)cc1. The highest BCUT2D eigenvalue weighted by Gasteiger charge is 2.09. The van der Waals surface area contributed by atoms with E-state index in [4.69, 9.17) is 11.6 Å². The lowest BCUT2D eigenvalue weighted by Crippen LogP contribution is -2.31. The molecule has 0 heterocycles. The van der Waals surface area contributed by atoms with Gasteiger partial charge in [0.2, 0.25) is 5.91 Å². The number of amides is 1. The number of rotatable bonds is 7. The largest absolute Gasteiger partial charge is 0.339 e. The van der Waals surface area contributed by atoms with Crippen LogP contribution in [0.1, 0.15) is 37.0 Å². The Bertz CT molecular complexity index is 474. The molecule has 1 aromatic carbocycles. The fourth-order valence-electron chi connectivity index (χ4n) is 1.83. The maximum atomic E-state index is 12.0. The first-order valence-electron chi connectivity index (χ1n) is 6.85. The number of carbonyl (C=O) groups excluding carboxylic acids is 2. The van der Waals surface area contributed by atoms with E-state index < -0.39 is 0 Å². The minimum absolute atomic E-state index is 0.115. The Kier molecular flexibility index (Phi) is 7.02. The van der Waals surface area contributed by atoms with Gasteiger partial charge in [-0.05, 0) is 43.2 Å². The van der Waals surface area contributed by atoms with Crippen LogP contribution in [0.15, 0.2) is 36.4 Å². The Morgan fingerprint density at radius 1 is 1.05 bits per heavy atom. The zero-order valence-electron chi connectivity index (χ0n) is 11.9. The van der Waals surface area contributed by atoms with Crippen LogP contribution in [0.4, 0.5) is 0 Å². The number of ketones is 1. The second-order valence-corrected chi connectivity index (χ2v) is 4.97. The standard InChI is InChI=1S/C16H20ClNO2/c1-3-11-18(12-4-2)16(20)10-9-15(19)13-5-7-14(17)8-6-13/h5-10H,3-4,11-12H2,1-2H3/b10-9+. The third-order valence-corrected chi connectivity index (χ3v) is 3.06. The van der Waals surface area contributed by atoms with E-state index in [1.165, 1.54) is 12.2 Å². The molecular formula is C16H20ClNO2. The van der Waals surface area contributed by atoms with Crippen LogP contribution in [0.5, 0.6) is 0 Å². The Morgan fingerprint density at radius 2 is 1.60 bits per heavy atom. The van der Waals surface area contributed by atoms with Gasteiger partial charge in [-0.1, -0.05) is 25.4 Å². The van der Waals surface area contributed by atoms with Crippen molar-refractivity contribution < 1.29 is 9.59 Å². The maximum Gasteiger partial charge on any atom is 0.246 e. The maximum absolute atomic E-state index is 12.0. The smallest absolute Gasteiger partial charge is 0.246 e. The van der Waals surface area contributed by atoms with Crippen molar-refractivity contribution in [1.82, 2.24) is 4.90 Å². The van der Waals surface area contributed by atoms with Crippen molar-refractivity contribution >= 4 is 23.3 Å². The molecule has 0 aliphatic rings. The van der Waals surface area contributed by atoms with E-state index in [0.29, 0.717) is 23.7 Å². The summed E-state index contributed by atoms with van der Waals surface area (Å²) in [5, 5.41) is 0.582. The summed E-state index contributed by atoms with van der Waals surface area (Å²) in [6.45, 7) is 5.48. The van der Waals surface area contributed by atoms with Crippen molar-refractivity contribution in [2.75, 3.05) is 13.1 Å². The number of hydrogen-bond acceptors (Lipinski definition) is 2. The van der Waals surface area contributed by atoms with Crippen LogP contribution in [-0.2, 0) is 4.79 Å². The topological polar surface area (TPSA) is 37.4 Å². The number of benzene rings is 1. The van der Waals surface area contributed by atoms with Gasteiger partial charge in [0.1, 0.15) is 0 Å². The molecule has 0 aliphatic heterocycles. The van der Waals surface area contributed by atoms with E-state index in [-0.39, 0.29) is 11.7 Å². The van der Waals surface area contributed by atoms with Crippen LogP contribution in [-0.4, -0.2) is 29.7 Å². The van der Waals surface area contributed by atoms with Crippen LogP contribution in [0.3, 0.4) is 0 Å². The zero-order valence-corrected chi connectivity index (χ0v) is 12.7. The Balaban J connectivity index is 2.67. The van der Waals surface area contributed by atoms with Gasteiger partial charge in [0, 0.05) is 29.8 Å². The number of hydrogen-bond donors (Lipinski definition) is 0. The summed E-state index contributed by atoms with van der Waals surface area (Å²) in [6.07, 6.45) is 4.49. The first-order valence-corrected chi connectivity index (χ1v) is 7.23. The predicted octanol–water partition coefficient (Wildman–Crippen LogP) is 3.73. The van der Waals surface area contributed by atoms with Crippen LogP contribution < -0.4 is 0 Å². The number of halogens is 1. The summed E-state index contributed by atoms with van der Waals surface area (Å²) in [6, 6.07) is 6.61. The second-order valence-electron chi connectivity index (χ2n) is 4.53. The molecule has 1 aromatic rings. The van der Waals surface area contributed by atoms with Crippen LogP contribution >= 0.6 is 11.6 Å². The molecule has 0 saturated heterocycles. The third kappa shape index (κ3) is 5.17. The van der Waals surface area contributed by atoms with Crippen LogP contribution in [0.25, 0.3) is 0 Å². The summed E-state index contributed by atoms with van der Waals surface area (Å²) in [5.41, 5.74) is 0.524. The van der Waals surface area contributed by atoms with E-state index in [1.807, 2.05) is 13.8 Å². The molecule has 0 spiro atoms. The minimum atomic E-state index is -0.192. The lowest BCUT2D eigenvalue weighted by molar-refractivity contribution is -0.126. The summed E-state index contributed by atoms with van der Waals surface area (Å²) < 4.78 is 0. The second kappa shape index (κ2) is 8.54. The van der Waals surface area contributed by atoms with Gasteiger partial charge in [-0.25, -0.2) is 0 Å². The van der Waals surface area contributed by atoms with Gasteiger partial charge in [0.25, 0.3) is 0 Å². The molecule has 0 unspecified atom stereocenters. The molecule has 108 valence electrons. The molecule has 1 amide bonds. The summed E-state index contributed by atoms with van der Waals surface area (Å²) in [7, 11) is 0. The van der Waals surface area contributed by atoms with Crippen molar-refractivity contribution in [2.45, 2.75) is 26.7 Å². The van der Waals surface area contributed by atoms with Gasteiger partial charge in [0.15, 0.2) is 5.78 Å². The van der Waals surface area contributed by atoms with E-state index in [2.05, 4.69) is 0 Å². The summed E-state index contributed by atoms with van der Waals surface area (Å²) >= 11 is 5.76. The Morgan fingerprint density at radius 3 is 2.10 bits per heavy atom. The third-order valence-electron chi connectivity index (χ3n) is 2.80. The molecule has 3 nitrogen and oxygen atoms in total. The molecular weight excluding hydrogens is 274 g/mol. The first kappa shape index (κ1) is 16.4. The fourth-order valence-corrected chi connectivity index (χ4v) is 1.96. The number of nitrogens with zero attached hydrogens (tertiary/aromatic N) is 1. The van der Waals surface area contributed by atoms with Crippen LogP contribution in [0.2, 0.25) is 5.02 Å². The van der Waals surface area contributed by atoms with E-state index >= 15 is 0 Å². The summed E-state index contributed by atoms with van der Waals surface area (Å²) in [5.74, 6) is -0.307. The van der Waals surface area contributed by atoms with Crippen molar-refractivity contribution in [3.8, 4) is 0 Å². The van der Waals surface area contributed by atoms with Gasteiger partial charge in [-0.2, -0.15) is 0 Å². The summed E-state index contributed by atoms with van der Waals surface area (Å²) in [4.78, 5) is 25.6. The monoisotopic (exact) mass is 293 g/mol. The molecule has 0 aliphatic carbocycles. The van der Waals surface area contributed by atoms with E-state index in [9.17, 15) is 9.59 Å². The van der Waals surface area contributed by atoms with Crippen molar-refractivity contribution in [3.63, 3.8) is 0 Å². The average molecular weight is 294 g/mol. The fraction of sp³-hybridized carbons (Fsp3) is 0.375. The van der Waals surface area contributed by atoms with Gasteiger partial charge < -0.3 is 4.90 Å². The molecule has 0 radical (unpaired) electrons. The van der Waals surface area contributed by atoms with Crippen molar-refractivity contribution in [2.24, 2.45) is 0 Å². The lowest BCUT2D eigenvalue weighted by atomic mass is 10.1. The predicted molar refractivity (Wildman–Crippen MR) is 82.1 cm³/mol. The van der Waals surface area contributed by atoms with Crippen LogP contribution in [0, 0.1) is 0 Å². The molecule has 1 rings (SSSR count).